The minimum absolute atomic E-state index is 0.0900. The van der Waals surface area contributed by atoms with Gasteiger partial charge in [0.05, 0.1) is 6.42 Å². The van der Waals surface area contributed by atoms with E-state index in [9.17, 15) is 4.79 Å². The number of benzene rings is 2. The van der Waals surface area contributed by atoms with Gasteiger partial charge in [0.1, 0.15) is 11.3 Å². The first-order valence-electron chi connectivity index (χ1n) is 10.4. The number of amides is 1. The number of piperazine rings is 1. The SMILES string of the molecule is Nc1nc(N2CCN(C(=O)Cc3cccc(Cl)c3)CC2)c2[nH]c(-c3ccccc3)nc2n1. The second-order valence-corrected chi connectivity index (χ2v) is 8.17. The van der Waals surface area contributed by atoms with Crippen LogP contribution in [-0.4, -0.2) is 56.9 Å². The number of nitrogen functional groups attached to an aromatic ring is 1. The number of nitrogens with zero attached hydrogens (tertiary/aromatic N) is 5. The van der Waals surface area contributed by atoms with E-state index < -0.39 is 0 Å². The van der Waals surface area contributed by atoms with E-state index in [1.165, 1.54) is 0 Å². The largest absolute Gasteiger partial charge is 0.368 e. The Kier molecular flexibility index (Phi) is 5.36. The van der Waals surface area contributed by atoms with Crippen LogP contribution < -0.4 is 10.6 Å². The van der Waals surface area contributed by atoms with Crippen LogP contribution in [0.5, 0.6) is 0 Å². The van der Waals surface area contributed by atoms with Crippen molar-refractivity contribution in [2.24, 2.45) is 0 Å². The molecular weight excluding hydrogens is 426 g/mol. The highest BCUT2D eigenvalue weighted by Crippen LogP contribution is 2.27. The lowest BCUT2D eigenvalue weighted by Crippen LogP contribution is -2.49. The van der Waals surface area contributed by atoms with E-state index in [4.69, 9.17) is 17.3 Å². The van der Waals surface area contributed by atoms with Crippen molar-refractivity contribution in [3.63, 3.8) is 0 Å². The highest BCUT2D eigenvalue weighted by molar-refractivity contribution is 6.30. The molecule has 0 saturated carbocycles. The highest BCUT2D eigenvalue weighted by atomic mass is 35.5. The van der Waals surface area contributed by atoms with Crippen LogP contribution in [0.2, 0.25) is 5.02 Å². The molecule has 3 N–H and O–H groups in total. The summed E-state index contributed by atoms with van der Waals surface area (Å²) in [5, 5.41) is 0.639. The first kappa shape index (κ1) is 20.3. The maximum atomic E-state index is 12.8. The molecule has 9 heteroatoms. The highest BCUT2D eigenvalue weighted by Gasteiger charge is 2.25. The maximum absolute atomic E-state index is 12.8. The number of rotatable bonds is 4. The van der Waals surface area contributed by atoms with E-state index >= 15 is 0 Å². The summed E-state index contributed by atoms with van der Waals surface area (Å²) in [7, 11) is 0. The molecule has 0 unspecified atom stereocenters. The molecule has 1 fully saturated rings. The minimum atomic E-state index is 0.0900. The van der Waals surface area contributed by atoms with E-state index in [1.807, 2.05) is 53.4 Å². The van der Waals surface area contributed by atoms with E-state index in [-0.39, 0.29) is 11.9 Å². The summed E-state index contributed by atoms with van der Waals surface area (Å²) in [5.41, 5.74) is 9.14. The van der Waals surface area contributed by atoms with Crippen molar-refractivity contribution in [1.29, 1.82) is 0 Å². The van der Waals surface area contributed by atoms with Crippen molar-refractivity contribution in [3.05, 3.63) is 65.2 Å². The van der Waals surface area contributed by atoms with Crippen LogP contribution in [0.3, 0.4) is 0 Å². The molecule has 1 amide bonds. The topological polar surface area (TPSA) is 104 Å². The summed E-state index contributed by atoms with van der Waals surface area (Å²) in [6.07, 6.45) is 0.340. The monoisotopic (exact) mass is 447 g/mol. The Bertz CT molecular complexity index is 1270. The predicted octanol–water partition coefficient (Wildman–Crippen LogP) is 3.15. The quantitative estimate of drug-likeness (QED) is 0.498. The van der Waals surface area contributed by atoms with Gasteiger partial charge in [-0.05, 0) is 17.7 Å². The lowest BCUT2D eigenvalue weighted by Gasteiger charge is -2.35. The predicted molar refractivity (Wildman–Crippen MR) is 125 cm³/mol. The fourth-order valence-corrected chi connectivity index (χ4v) is 4.17. The molecule has 4 aromatic rings. The molecule has 5 rings (SSSR count). The normalized spacial score (nSPS) is 14.2. The van der Waals surface area contributed by atoms with Gasteiger partial charge in [0, 0.05) is 36.8 Å². The third-order valence-corrected chi connectivity index (χ3v) is 5.81. The molecule has 2 aromatic carbocycles. The van der Waals surface area contributed by atoms with E-state index in [2.05, 4.69) is 24.8 Å². The van der Waals surface area contributed by atoms with Crippen molar-refractivity contribution < 1.29 is 4.79 Å². The van der Waals surface area contributed by atoms with Crippen molar-refractivity contribution in [1.82, 2.24) is 24.8 Å². The summed E-state index contributed by atoms with van der Waals surface area (Å²) < 4.78 is 0. The van der Waals surface area contributed by atoms with Gasteiger partial charge in [-0.1, -0.05) is 54.1 Å². The summed E-state index contributed by atoms with van der Waals surface area (Å²) in [4.78, 5) is 33.5. The zero-order valence-electron chi connectivity index (χ0n) is 17.3. The van der Waals surface area contributed by atoms with Crippen molar-refractivity contribution >= 4 is 40.4 Å². The Hall–Kier alpha value is -3.65. The molecule has 3 heterocycles. The van der Waals surface area contributed by atoms with Gasteiger partial charge in [0.25, 0.3) is 0 Å². The smallest absolute Gasteiger partial charge is 0.227 e. The van der Waals surface area contributed by atoms with E-state index in [0.717, 1.165) is 22.5 Å². The van der Waals surface area contributed by atoms with Crippen molar-refractivity contribution in [2.45, 2.75) is 6.42 Å². The standard InChI is InChI=1S/C23H22ClN7O/c24-17-8-4-5-15(13-17)14-18(32)30-9-11-31(12-10-30)22-19-21(28-23(25)29-22)27-20(26-19)16-6-2-1-3-7-16/h1-8,13H,9-12,14H2,(H3,25,26,27,28,29). The lowest BCUT2D eigenvalue weighted by molar-refractivity contribution is -0.130. The Balaban J connectivity index is 1.33. The van der Waals surface area contributed by atoms with Crippen LogP contribution in [-0.2, 0) is 11.2 Å². The molecule has 32 heavy (non-hydrogen) atoms. The molecule has 0 aliphatic carbocycles. The molecule has 2 aromatic heterocycles. The van der Waals surface area contributed by atoms with Gasteiger partial charge >= 0.3 is 0 Å². The lowest BCUT2D eigenvalue weighted by atomic mass is 10.1. The van der Waals surface area contributed by atoms with Gasteiger partial charge in [0.2, 0.25) is 11.9 Å². The molecule has 1 aliphatic heterocycles. The zero-order chi connectivity index (χ0) is 22.1. The van der Waals surface area contributed by atoms with Crippen LogP contribution in [0.1, 0.15) is 5.56 Å². The fourth-order valence-electron chi connectivity index (χ4n) is 3.96. The number of imidazole rings is 1. The second kappa shape index (κ2) is 8.47. The van der Waals surface area contributed by atoms with Gasteiger partial charge in [-0.15, -0.1) is 0 Å². The molecule has 0 radical (unpaired) electrons. The average molecular weight is 448 g/mol. The summed E-state index contributed by atoms with van der Waals surface area (Å²) in [6, 6.07) is 17.3. The fraction of sp³-hybridized carbons (Fsp3) is 0.217. The summed E-state index contributed by atoms with van der Waals surface area (Å²) in [6.45, 7) is 2.49. The third kappa shape index (κ3) is 4.09. The van der Waals surface area contributed by atoms with Gasteiger partial charge in [-0.2, -0.15) is 9.97 Å². The first-order valence-corrected chi connectivity index (χ1v) is 10.8. The van der Waals surface area contributed by atoms with Crippen molar-refractivity contribution in [2.75, 3.05) is 36.8 Å². The molecule has 1 saturated heterocycles. The number of halogens is 1. The van der Waals surface area contributed by atoms with E-state index in [1.54, 1.807) is 6.07 Å². The van der Waals surface area contributed by atoms with Crippen LogP contribution in [0.25, 0.3) is 22.6 Å². The van der Waals surface area contributed by atoms with Crippen LogP contribution in [0, 0.1) is 0 Å². The van der Waals surface area contributed by atoms with Gasteiger partial charge in [0.15, 0.2) is 11.5 Å². The number of anilines is 2. The van der Waals surface area contributed by atoms with E-state index in [0.29, 0.717) is 49.1 Å². The van der Waals surface area contributed by atoms with Gasteiger partial charge in [-0.25, -0.2) is 4.98 Å². The number of nitrogens with two attached hydrogens (primary N) is 1. The second-order valence-electron chi connectivity index (χ2n) is 7.73. The zero-order valence-corrected chi connectivity index (χ0v) is 18.1. The number of hydrogen-bond acceptors (Lipinski definition) is 6. The summed E-state index contributed by atoms with van der Waals surface area (Å²) in [5.74, 6) is 1.70. The molecule has 1 aliphatic rings. The number of aromatic nitrogens is 4. The molecule has 0 bridgehead atoms. The number of nitrogens with one attached hydrogen (secondary N) is 1. The summed E-state index contributed by atoms with van der Waals surface area (Å²) >= 11 is 6.04. The van der Waals surface area contributed by atoms with Gasteiger partial charge in [-0.3, -0.25) is 4.79 Å². The Morgan fingerprint density at radius 2 is 1.78 bits per heavy atom. The van der Waals surface area contributed by atoms with Crippen LogP contribution in [0.4, 0.5) is 11.8 Å². The molecule has 0 atom stereocenters. The van der Waals surface area contributed by atoms with Crippen molar-refractivity contribution in [3.8, 4) is 11.4 Å². The average Bonchev–Trinajstić information content (AvgIpc) is 3.23. The number of carbonyl (C=O) groups excluding carboxylic acids is 1. The minimum Gasteiger partial charge on any atom is -0.368 e. The first-order chi connectivity index (χ1) is 15.6. The number of aromatic amines is 1. The molecule has 0 spiro atoms. The Morgan fingerprint density at radius 3 is 2.53 bits per heavy atom. The number of H-pyrrole nitrogens is 1. The van der Waals surface area contributed by atoms with Gasteiger partial charge < -0.3 is 20.5 Å². The maximum Gasteiger partial charge on any atom is 0.227 e. The van der Waals surface area contributed by atoms with Crippen LogP contribution >= 0.6 is 11.6 Å². The number of hydrogen-bond donors (Lipinski definition) is 2. The molecule has 8 nitrogen and oxygen atoms in total. The number of carbonyl (C=O) groups is 1. The molecular formula is C23H22ClN7O. The Morgan fingerprint density at radius 1 is 1.00 bits per heavy atom. The Labute approximate surface area is 190 Å². The van der Waals surface area contributed by atoms with Crippen LogP contribution in [0.15, 0.2) is 54.6 Å². The molecule has 162 valence electrons. The number of fused-ring (bicyclic) bond motifs is 1. The third-order valence-electron chi connectivity index (χ3n) is 5.57.